The van der Waals surface area contributed by atoms with E-state index in [1.165, 1.54) is 25.3 Å². The van der Waals surface area contributed by atoms with E-state index in [1.807, 2.05) is 0 Å². The molecule has 2 aliphatic heterocycles. The van der Waals surface area contributed by atoms with E-state index in [4.69, 9.17) is 15.2 Å². The molecule has 1 fully saturated rings. The van der Waals surface area contributed by atoms with Crippen LogP contribution in [0.15, 0.2) is 46.3 Å². The van der Waals surface area contributed by atoms with Crippen molar-refractivity contribution in [1.29, 1.82) is 0 Å². The van der Waals surface area contributed by atoms with Crippen molar-refractivity contribution in [3.63, 3.8) is 0 Å². The van der Waals surface area contributed by atoms with Crippen LogP contribution in [0.2, 0.25) is 0 Å². The van der Waals surface area contributed by atoms with Crippen molar-refractivity contribution in [2.24, 2.45) is 5.73 Å². The van der Waals surface area contributed by atoms with Gasteiger partial charge >= 0.3 is 11.9 Å². The number of halogens is 1. The lowest BCUT2D eigenvalue weighted by Crippen LogP contribution is -2.40. The van der Waals surface area contributed by atoms with Crippen LogP contribution < -0.4 is 5.73 Å². The lowest BCUT2D eigenvalue weighted by molar-refractivity contribution is -0.139. The second-order valence-electron chi connectivity index (χ2n) is 6.12. The fourth-order valence-electron chi connectivity index (χ4n) is 3.27. The number of hydrogen-bond acceptors (Lipinski definition) is 7. The van der Waals surface area contributed by atoms with Gasteiger partial charge < -0.3 is 15.2 Å². The third kappa shape index (κ3) is 3.05. The Kier molecular flexibility index (Phi) is 5.46. The molecule has 148 valence electrons. The van der Waals surface area contributed by atoms with E-state index in [0.29, 0.717) is 0 Å². The highest BCUT2D eigenvalue weighted by Crippen LogP contribution is 2.50. The summed E-state index contributed by atoms with van der Waals surface area (Å²) in [5, 5.41) is -0.292. The van der Waals surface area contributed by atoms with Crippen LogP contribution in [0.4, 0.5) is 4.39 Å². The number of fused-ring (bicyclic) bond motifs is 1. The molecule has 0 saturated carbocycles. The summed E-state index contributed by atoms with van der Waals surface area (Å²) >= 11 is 1.11. The number of nitrogens with two attached hydrogens (primary N) is 1. The van der Waals surface area contributed by atoms with Gasteiger partial charge in [0, 0.05) is 5.56 Å². The number of thioether (sulfide) groups is 1. The molecule has 0 bridgehead atoms. The Labute approximate surface area is 165 Å². The monoisotopic (exact) mass is 406 g/mol. The number of carbonyl (C=O) groups is 3. The summed E-state index contributed by atoms with van der Waals surface area (Å²) in [7, 11) is 1.18. The van der Waals surface area contributed by atoms with Crippen LogP contribution in [0.1, 0.15) is 25.3 Å². The molecule has 1 amide bonds. The minimum Gasteiger partial charge on any atom is -0.466 e. The summed E-state index contributed by atoms with van der Waals surface area (Å²) in [4.78, 5) is 39.2. The Morgan fingerprint density at radius 1 is 1.25 bits per heavy atom. The summed E-state index contributed by atoms with van der Waals surface area (Å²) in [6, 6.07) is 5.75. The first-order chi connectivity index (χ1) is 13.3. The Bertz CT molecular complexity index is 927. The minimum atomic E-state index is -1.16. The number of methoxy groups -OCH3 is 1. The Morgan fingerprint density at radius 3 is 2.54 bits per heavy atom. The van der Waals surface area contributed by atoms with E-state index in [2.05, 4.69) is 0 Å². The number of ether oxygens (including phenoxy) is 2. The summed E-state index contributed by atoms with van der Waals surface area (Å²) in [5.41, 5.74) is 6.07. The molecule has 0 unspecified atom stereocenters. The molecular formula is C19H19FN2O5S. The second kappa shape index (κ2) is 7.67. The molecule has 7 nitrogen and oxygen atoms in total. The van der Waals surface area contributed by atoms with Gasteiger partial charge in [0.1, 0.15) is 11.6 Å². The van der Waals surface area contributed by atoms with Gasteiger partial charge in [0.15, 0.2) is 0 Å². The minimum absolute atomic E-state index is 0.0208. The molecule has 2 N–H and O–H groups in total. The molecule has 9 heteroatoms. The van der Waals surface area contributed by atoms with Gasteiger partial charge in [-0.05, 0) is 19.9 Å². The molecule has 0 aliphatic carbocycles. The second-order valence-corrected chi connectivity index (χ2v) is 7.45. The van der Waals surface area contributed by atoms with Gasteiger partial charge in [-0.1, -0.05) is 30.0 Å². The van der Waals surface area contributed by atoms with Gasteiger partial charge in [-0.15, -0.1) is 0 Å². The molecule has 3 rings (SSSR count). The summed E-state index contributed by atoms with van der Waals surface area (Å²) in [6.07, 6.45) is 0. The first-order valence-corrected chi connectivity index (χ1v) is 9.45. The smallest absolute Gasteiger partial charge is 0.338 e. The zero-order valence-corrected chi connectivity index (χ0v) is 16.3. The maximum Gasteiger partial charge on any atom is 0.338 e. The fraction of sp³-hybridized carbons (Fsp3) is 0.316. The van der Waals surface area contributed by atoms with Gasteiger partial charge in [0.2, 0.25) is 5.91 Å². The topological polar surface area (TPSA) is 98.9 Å². The zero-order chi connectivity index (χ0) is 20.6. The summed E-state index contributed by atoms with van der Waals surface area (Å²) in [5.74, 6) is -3.95. The van der Waals surface area contributed by atoms with Crippen LogP contribution in [0.25, 0.3) is 0 Å². The SMILES string of the molecule is CCOC(=O)C1=C(N)N2C(=O)[C@H](C)SC2=C(C(=O)OC)[C@@H]1c1ccccc1F. The molecule has 2 heterocycles. The van der Waals surface area contributed by atoms with Crippen LogP contribution >= 0.6 is 11.8 Å². The van der Waals surface area contributed by atoms with E-state index in [-0.39, 0.29) is 40.1 Å². The van der Waals surface area contributed by atoms with Crippen molar-refractivity contribution < 1.29 is 28.2 Å². The molecule has 0 spiro atoms. The van der Waals surface area contributed by atoms with Gasteiger partial charge in [-0.3, -0.25) is 9.69 Å². The largest absolute Gasteiger partial charge is 0.466 e. The lowest BCUT2D eigenvalue weighted by atomic mass is 9.82. The van der Waals surface area contributed by atoms with E-state index in [0.717, 1.165) is 16.7 Å². The van der Waals surface area contributed by atoms with Crippen LogP contribution in [0.3, 0.4) is 0 Å². The van der Waals surface area contributed by atoms with Gasteiger partial charge in [0.05, 0.1) is 41.1 Å². The fourth-order valence-corrected chi connectivity index (χ4v) is 4.43. The van der Waals surface area contributed by atoms with Crippen molar-refractivity contribution in [2.45, 2.75) is 25.0 Å². The van der Waals surface area contributed by atoms with Crippen LogP contribution in [-0.2, 0) is 23.9 Å². The number of hydrogen-bond donors (Lipinski definition) is 1. The first kappa shape index (κ1) is 19.9. The third-order valence-corrected chi connectivity index (χ3v) is 5.68. The molecule has 2 aliphatic rings. The van der Waals surface area contributed by atoms with Crippen LogP contribution in [0.5, 0.6) is 0 Å². The third-order valence-electron chi connectivity index (χ3n) is 4.50. The lowest BCUT2D eigenvalue weighted by Gasteiger charge is -2.33. The first-order valence-electron chi connectivity index (χ1n) is 8.57. The van der Waals surface area contributed by atoms with Gasteiger partial charge in [-0.2, -0.15) is 0 Å². The van der Waals surface area contributed by atoms with E-state index >= 15 is 0 Å². The van der Waals surface area contributed by atoms with Crippen molar-refractivity contribution in [2.75, 3.05) is 13.7 Å². The highest BCUT2D eigenvalue weighted by Gasteiger charge is 2.49. The average Bonchev–Trinajstić information content (AvgIpc) is 2.96. The molecule has 1 saturated heterocycles. The van der Waals surface area contributed by atoms with Crippen LogP contribution in [-0.4, -0.2) is 41.7 Å². The predicted molar refractivity (Wildman–Crippen MR) is 99.9 cm³/mol. The normalized spacial score (nSPS) is 21.7. The van der Waals surface area contributed by atoms with E-state index < -0.39 is 28.9 Å². The number of esters is 2. The van der Waals surface area contributed by atoms with Crippen molar-refractivity contribution >= 4 is 29.6 Å². The highest BCUT2D eigenvalue weighted by atomic mass is 32.2. The molecule has 1 aromatic rings. The number of amides is 1. The standard InChI is InChI=1S/C19H19FN2O5S/c1-4-27-19(25)13-12(10-7-5-6-8-11(10)20)14(18(24)26-3)17-22(15(13)21)16(23)9(2)28-17/h5-9,12H,4,21H2,1-3H3/t9-,12+/m0/s1. The molecular weight excluding hydrogens is 387 g/mol. The maximum atomic E-state index is 14.7. The van der Waals surface area contributed by atoms with Crippen molar-refractivity contribution in [3.8, 4) is 0 Å². The summed E-state index contributed by atoms with van der Waals surface area (Å²) < 4.78 is 24.7. The number of rotatable bonds is 4. The van der Waals surface area contributed by atoms with Gasteiger partial charge in [-0.25, -0.2) is 14.0 Å². The van der Waals surface area contributed by atoms with E-state index in [1.54, 1.807) is 19.9 Å². The Morgan fingerprint density at radius 2 is 1.93 bits per heavy atom. The molecule has 1 aromatic carbocycles. The number of benzene rings is 1. The predicted octanol–water partition coefficient (Wildman–Crippen LogP) is 2.00. The number of nitrogens with zero attached hydrogens (tertiary/aromatic N) is 1. The van der Waals surface area contributed by atoms with Crippen molar-refractivity contribution in [1.82, 2.24) is 4.90 Å². The maximum absolute atomic E-state index is 14.7. The Balaban J connectivity index is 2.34. The Hall–Kier alpha value is -2.81. The molecule has 0 aromatic heterocycles. The zero-order valence-electron chi connectivity index (χ0n) is 15.5. The highest BCUT2D eigenvalue weighted by molar-refractivity contribution is 8.04. The number of carbonyl (C=O) groups excluding carboxylic acids is 3. The average molecular weight is 406 g/mol. The molecule has 28 heavy (non-hydrogen) atoms. The molecule has 2 atom stereocenters. The van der Waals surface area contributed by atoms with Crippen LogP contribution in [0, 0.1) is 5.82 Å². The summed E-state index contributed by atoms with van der Waals surface area (Å²) in [6.45, 7) is 3.31. The molecule has 0 radical (unpaired) electrons. The van der Waals surface area contributed by atoms with E-state index in [9.17, 15) is 18.8 Å². The van der Waals surface area contributed by atoms with Gasteiger partial charge in [0.25, 0.3) is 0 Å². The quantitative estimate of drug-likeness (QED) is 0.764. The van der Waals surface area contributed by atoms with Crippen molar-refractivity contribution in [3.05, 3.63) is 57.6 Å².